The largest absolute Gasteiger partial charge is 0.386 e. The second-order valence-corrected chi connectivity index (χ2v) is 6.18. The van der Waals surface area contributed by atoms with E-state index in [9.17, 15) is 14.7 Å². The summed E-state index contributed by atoms with van der Waals surface area (Å²) in [5.74, 6) is -0.467. The molecule has 20 heavy (non-hydrogen) atoms. The summed E-state index contributed by atoms with van der Waals surface area (Å²) in [6.45, 7) is 2.54. The Morgan fingerprint density at radius 3 is 2.75 bits per heavy atom. The highest BCUT2D eigenvalue weighted by Crippen LogP contribution is 2.54. The number of fused-ring (bicyclic) bond motifs is 1. The van der Waals surface area contributed by atoms with Gasteiger partial charge in [0.1, 0.15) is 11.9 Å². The second-order valence-electron chi connectivity index (χ2n) is 6.18. The lowest BCUT2D eigenvalue weighted by Crippen LogP contribution is -2.47. The summed E-state index contributed by atoms with van der Waals surface area (Å²) in [6.07, 6.45) is 1.99. The Balaban J connectivity index is 1.87. The maximum Gasteiger partial charge on any atom is 0.231 e. The highest BCUT2D eigenvalue weighted by atomic mass is 16.3. The molecule has 1 aromatic rings. The smallest absolute Gasteiger partial charge is 0.231 e. The second kappa shape index (κ2) is 4.42. The zero-order chi connectivity index (χ0) is 14.4. The van der Waals surface area contributed by atoms with E-state index in [1.807, 2.05) is 30.3 Å². The molecule has 4 nitrogen and oxygen atoms in total. The van der Waals surface area contributed by atoms with Crippen molar-refractivity contribution in [3.63, 3.8) is 0 Å². The van der Waals surface area contributed by atoms with Gasteiger partial charge in [-0.2, -0.15) is 0 Å². The fourth-order valence-corrected chi connectivity index (χ4v) is 3.72. The molecule has 0 aromatic heterocycles. The molecule has 1 amide bonds. The number of aldehydes is 1. The molecule has 2 aliphatic rings. The molecule has 1 saturated carbocycles. The van der Waals surface area contributed by atoms with Crippen molar-refractivity contribution in [1.82, 2.24) is 4.90 Å². The van der Waals surface area contributed by atoms with Gasteiger partial charge in [0.2, 0.25) is 5.91 Å². The maximum absolute atomic E-state index is 12.6. The number of nitrogens with zero attached hydrogens (tertiary/aromatic N) is 1. The number of amides is 1. The number of hydrogen-bond donors (Lipinski definition) is 1. The van der Waals surface area contributed by atoms with Crippen molar-refractivity contribution in [1.29, 1.82) is 0 Å². The van der Waals surface area contributed by atoms with E-state index in [4.69, 9.17) is 0 Å². The van der Waals surface area contributed by atoms with Gasteiger partial charge in [0.05, 0.1) is 12.0 Å². The lowest BCUT2D eigenvalue weighted by Gasteiger charge is -2.31. The first-order chi connectivity index (χ1) is 9.51. The number of hydrogen-bond acceptors (Lipinski definition) is 3. The van der Waals surface area contributed by atoms with E-state index >= 15 is 0 Å². The number of carbonyl (C=O) groups excluding carboxylic acids is 2. The third kappa shape index (κ3) is 1.64. The molecule has 106 valence electrons. The van der Waals surface area contributed by atoms with Crippen LogP contribution in [0.25, 0.3) is 0 Å². The zero-order valence-corrected chi connectivity index (χ0v) is 11.6. The van der Waals surface area contributed by atoms with Crippen LogP contribution < -0.4 is 0 Å². The van der Waals surface area contributed by atoms with E-state index in [2.05, 4.69) is 0 Å². The number of likely N-dealkylation sites (tertiary alicyclic amines) is 1. The van der Waals surface area contributed by atoms with Crippen molar-refractivity contribution < 1.29 is 14.7 Å². The van der Waals surface area contributed by atoms with Gasteiger partial charge in [-0.05, 0) is 25.3 Å². The van der Waals surface area contributed by atoms with E-state index < -0.39 is 16.9 Å². The standard InChI is InChI=1S/C16H19NO3/c1-15-8-7-13(10-18)16(15,20)11-17(14(15)19)9-12-5-3-2-4-6-12/h2-6,10,13,20H,7-9,11H2,1H3/t13-,15-,16+/m1/s1. The number of carbonyl (C=O) groups is 2. The van der Waals surface area contributed by atoms with Crippen LogP contribution in [0.5, 0.6) is 0 Å². The van der Waals surface area contributed by atoms with Crippen molar-refractivity contribution in [2.45, 2.75) is 31.9 Å². The lowest BCUT2D eigenvalue weighted by atomic mass is 9.75. The van der Waals surface area contributed by atoms with E-state index in [1.54, 1.807) is 11.8 Å². The summed E-state index contributed by atoms with van der Waals surface area (Å²) in [4.78, 5) is 25.5. The van der Waals surface area contributed by atoms with Gasteiger partial charge in [-0.1, -0.05) is 30.3 Å². The molecule has 1 heterocycles. The van der Waals surface area contributed by atoms with Gasteiger partial charge in [-0.25, -0.2) is 0 Å². The summed E-state index contributed by atoms with van der Waals surface area (Å²) in [6, 6.07) is 9.72. The van der Waals surface area contributed by atoms with Crippen molar-refractivity contribution in [2.24, 2.45) is 11.3 Å². The topological polar surface area (TPSA) is 57.6 Å². The van der Waals surface area contributed by atoms with Crippen LogP contribution in [-0.4, -0.2) is 34.3 Å². The fourth-order valence-electron chi connectivity index (χ4n) is 3.72. The van der Waals surface area contributed by atoms with Gasteiger partial charge in [-0.3, -0.25) is 4.79 Å². The van der Waals surface area contributed by atoms with E-state index in [-0.39, 0.29) is 12.5 Å². The van der Waals surface area contributed by atoms with E-state index in [0.29, 0.717) is 19.4 Å². The van der Waals surface area contributed by atoms with Gasteiger partial charge in [0.15, 0.2) is 0 Å². The molecule has 1 N–H and O–H groups in total. The van der Waals surface area contributed by atoms with Crippen molar-refractivity contribution in [3.05, 3.63) is 35.9 Å². The molecule has 0 unspecified atom stereocenters. The SMILES string of the molecule is C[C@]12CC[C@H](C=O)[C@@]1(O)CN(Cc1ccccc1)C2=O. The quantitative estimate of drug-likeness (QED) is 0.846. The fraction of sp³-hybridized carbons (Fsp3) is 0.500. The van der Waals surface area contributed by atoms with Gasteiger partial charge >= 0.3 is 0 Å². The van der Waals surface area contributed by atoms with Crippen LogP contribution in [-0.2, 0) is 16.1 Å². The first-order valence-electron chi connectivity index (χ1n) is 7.02. The van der Waals surface area contributed by atoms with Crippen molar-refractivity contribution in [3.8, 4) is 0 Å². The Morgan fingerprint density at radius 1 is 1.40 bits per heavy atom. The summed E-state index contributed by atoms with van der Waals surface area (Å²) >= 11 is 0. The third-order valence-corrected chi connectivity index (χ3v) is 5.10. The molecule has 1 aliphatic heterocycles. The predicted octanol–water partition coefficient (Wildman–Crippen LogP) is 1.38. The Bertz CT molecular complexity index is 544. The summed E-state index contributed by atoms with van der Waals surface area (Å²) in [5, 5.41) is 10.9. The number of β-amino-alcohol motifs (C(OH)–C–C–N with tert-alkyl or cyclic N) is 1. The first-order valence-corrected chi connectivity index (χ1v) is 7.02. The van der Waals surface area contributed by atoms with Gasteiger partial charge in [0, 0.05) is 12.5 Å². The average Bonchev–Trinajstić information content (AvgIpc) is 2.80. The lowest BCUT2D eigenvalue weighted by molar-refractivity contribution is -0.140. The highest BCUT2D eigenvalue weighted by Gasteiger charge is 2.66. The number of rotatable bonds is 3. The molecule has 3 rings (SSSR count). The molecular weight excluding hydrogens is 254 g/mol. The van der Waals surface area contributed by atoms with Crippen LogP contribution in [0.3, 0.4) is 0 Å². The zero-order valence-electron chi connectivity index (χ0n) is 11.6. The molecule has 3 atom stereocenters. The molecular formula is C16H19NO3. The Morgan fingerprint density at radius 2 is 2.10 bits per heavy atom. The molecule has 1 saturated heterocycles. The maximum atomic E-state index is 12.6. The van der Waals surface area contributed by atoms with Crippen LogP contribution in [0, 0.1) is 11.3 Å². The Kier molecular flexibility index (Phi) is 2.94. The van der Waals surface area contributed by atoms with Gasteiger partial charge < -0.3 is 14.8 Å². The van der Waals surface area contributed by atoms with Gasteiger partial charge in [0.25, 0.3) is 0 Å². The average molecular weight is 273 g/mol. The molecule has 1 aromatic carbocycles. The normalized spacial score (nSPS) is 36.2. The predicted molar refractivity (Wildman–Crippen MR) is 73.7 cm³/mol. The molecule has 1 aliphatic carbocycles. The third-order valence-electron chi connectivity index (χ3n) is 5.10. The highest BCUT2D eigenvalue weighted by molar-refractivity contribution is 5.88. The summed E-state index contributed by atoms with van der Waals surface area (Å²) in [5.41, 5.74) is -0.982. The van der Waals surface area contributed by atoms with Crippen LogP contribution >= 0.6 is 0 Å². The Labute approximate surface area is 118 Å². The van der Waals surface area contributed by atoms with Gasteiger partial charge in [-0.15, -0.1) is 0 Å². The minimum atomic E-state index is -1.21. The monoisotopic (exact) mass is 273 g/mol. The molecule has 0 bridgehead atoms. The minimum absolute atomic E-state index is 0.0341. The number of aliphatic hydroxyl groups is 1. The molecule has 2 fully saturated rings. The minimum Gasteiger partial charge on any atom is -0.386 e. The van der Waals surface area contributed by atoms with E-state index in [1.165, 1.54) is 0 Å². The Hall–Kier alpha value is -1.68. The first kappa shape index (κ1) is 13.3. The summed E-state index contributed by atoms with van der Waals surface area (Å²) in [7, 11) is 0. The van der Waals surface area contributed by atoms with Crippen LogP contribution in [0.15, 0.2) is 30.3 Å². The van der Waals surface area contributed by atoms with Crippen LogP contribution in [0.4, 0.5) is 0 Å². The summed E-state index contributed by atoms with van der Waals surface area (Å²) < 4.78 is 0. The molecule has 4 heteroatoms. The number of benzene rings is 1. The van der Waals surface area contributed by atoms with Crippen molar-refractivity contribution in [2.75, 3.05) is 6.54 Å². The van der Waals surface area contributed by atoms with Crippen molar-refractivity contribution >= 4 is 12.2 Å². The van der Waals surface area contributed by atoms with E-state index in [0.717, 1.165) is 11.8 Å². The van der Waals surface area contributed by atoms with Crippen LogP contribution in [0.2, 0.25) is 0 Å². The molecule has 0 spiro atoms. The molecule has 0 radical (unpaired) electrons. The van der Waals surface area contributed by atoms with Crippen LogP contribution in [0.1, 0.15) is 25.3 Å².